The summed E-state index contributed by atoms with van der Waals surface area (Å²) in [6, 6.07) is 55.8. The molecule has 0 atom stereocenters. The van der Waals surface area contributed by atoms with E-state index >= 15 is 0 Å². The van der Waals surface area contributed by atoms with Gasteiger partial charge >= 0.3 is 5.97 Å². The lowest BCUT2D eigenvalue weighted by Crippen LogP contribution is -2.33. The van der Waals surface area contributed by atoms with E-state index < -0.39 is 5.60 Å². The van der Waals surface area contributed by atoms with Crippen LogP contribution in [0.3, 0.4) is 0 Å². The van der Waals surface area contributed by atoms with Crippen LogP contribution in [0.5, 0.6) is 23.0 Å². The summed E-state index contributed by atoms with van der Waals surface area (Å²) in [4.78, 5) is 17.9. The molecule has 0 aromatic heterocycles. The Morgan fingerprint density at radius 2 is 0.925 bits per heavy atom. The average Bonchev–Trinajstić information content (AvgIpc) is 3.51. The molecule has 7 nitrogen and oxygen atoms in total. The largest absolute Gasteiger partial charge is 0.495 e. The van der Waals surface area contributed by atoms with E-state index in [2.05, 4.69) is 34.1 Å². The van der Waals surface area contributed by atoms with Gasteiger partial charge in [0, 0.05) is 51.6 Å². The predicted octanol–water partition coefficient (Wildman–Crippen LogP) is 11.2. The van der Waals surface area contributed by atoms with Crippen LogP contribution in [0.4, 0.5) is 34.1 Å². The molecule has 2 aliphatic heterocycles. The average molecular weight is 695 g/mol. The van der Waals surface area contributed by atoms with Crippen molar-refractivity contribution in [2.45, 2.75) is 5.60 Å². The van der Waals surface area contributed by atoms with E-state index in [-0.39, 0.29) is 5.97 Å². The summed E-state index contributed by atoms with van der Waals surface area (Å²) in [6.07, 6.45) is 0. The Balaban J connectivity index is 1.26. The minimum atomic E-state index is -1.24. The van der Waals surface area contributed by atoms with E-state index in [1.54, 1.807) is 14.2 Å². The van der Waals surface area contributed by atoms with Gasteiger partial charge in [0.05, 0.1) is 31.2 Å². The highest BCUT2D eigenvalue weighted by Crippen LogP contribution is 2.58. The van der Waals surface area contributed by atoms with Gasteiger partial charge < -0.3 is 28.7 Å². The van der Waals surface area contributed by atoms with Gasteiger partial charge in [0.15, 0.2) is 5.60 Å². The zero-order valence-electron chi connectivity index (χ0n) is 29.1. The summed E-state index contributed by atoms with van der Waals surface area (Å²) in [7, 11) is 3.35. The summed E-state index contributed by atoms with van der Waals surface area (Å²) in [5, 5.41) is 0. The smallest absolute Gasteiger partial charge is 0.340 e. The number of ether oxygens (including phenoxy) is 4. The number of fused-ring (bicyclic) bond motifs is 6. The van der Waals surface area contributed by atoms with Crippen LogP contribution in [-0.4, -0.2) is 20.2 Å². The zero-order chi connectivity index (χ0) is 35.9. The highest BCUT2D eigenvalue weighted by molar-refractivity contribution is 5.97. The van der Waals surface area contributed by atoms with Gasteiger partial charge in [-0.1, -0.05) is 78.9 Å². The topological polar surface area (TPSA) is 60.5 Å². The minimum absolute atomic E-state index is 0.382. The standard InChI is InChI=1S/C46H34N2O5/c1-50-41-23-13-11-21-39(41)47(31-15-5-3-6-16-31)33-25-27-37-43(29-33)52-44-30-34(26-28-38(44)46(37)36-20-10-9-19-35(36)45(49)53-46)48(32-17-7-4-8-18-32)40-22-12-14-24-42(40)51-2/h3-30H,1-2H3. The molecular formula is C46H34N2O5. The first-order chi connectivity index (χ1) is 26.1. The monoisotopic (exact) mass is 694 g/mol. The lowest BCUT2D eigenvalue weighted by atomic mass is 9.77. The van der Waals surface area contributed by atoms with Crippen LogP contribution in [-0.2, 0) is 10.3 Å². The second-order valence-corrected chi connectivity index (χ2v) is 12.8. The number of anilines is 6. The maximum Gasteiger partial charge on any atom is 0.340 e. The molecular weight excluding hydrogens is 661 g/mol. The van der Waals surface area contributed by atoms with Crippen molar-refractivity contribution >= 4 is 40.1 Å². The van der Waals surface area contributed by atoms with Gasteiger partial charge in [-0.3, -0.25) is 0 Å². The Kier molecular flexibility index (Phi) is 7.81. The van der Waals surface area contributed by atoms with Gasteiger partial charge in [-0.05, 0) is 78.9 Å². The highest BCUT2D eigenvalue weighted by atomic mass is 16.6. The van der Waals surface area contributed by atoms with Crippen LogP contribution in [0.25, 0.3) is 0 Å². The Morgan fingerprint density at radius 1 is 0.472 bits per heavy atom. The summed E-state index contributed by atoms with van der Waals surface area (Å²) in [5.41, 5.74) is 6.82. The van der Waals surface area contributed by atoms with Crippen LogP contribution in [0.2, 0.25) is 0 Å². The number of para-hydroxylation sites is 6. The first kappa shape index (κ1) is 32.0. The predicted molar refractivity (Wildman–Crippen MR) is 207 cm³/mol. The Labute approximate surface area is 307 Å². The number of carbonyl (C=O) groups is 1. The molecule has 0 radical (unpaired) electrons. The van der Waals surface area contributed by atoms with Gasteiger partial charge in [-0.25, -0.2) is 4.79 Å². The van der Waals surface area contributed by atoms with Gasteiger partial charge in [-0.2, -0.15) is 0 Å². The molecule has 0 saturated heterocycles. The summed E-state index contributed by atoms with van der Waals surface area (Å²) in [6.45, 7) is 0. The fourth-order valence-electron chi connectivity index (χ4n) is 7.57. The van der Waals surface area contributed by atoms with Crippen molar-refractivity contribution in [3.05, 3.63) is 192 Å². The number of rotatable bonds is 8. The molecule has 2 heterocycles. The first-order valence-corrected chi connectivity index (χ1v) is 17.4. The van der Waals surface area contributed by atoms with Crippen LogP contribution < -0.4 is 24.0 Å². The molecule has 2 aliphatic rings. The number of esters is 1. The molecule has 0 saturated carbocycles. The third kappa shape index (κ3) is 5.16. The highest BCUT2D eigenvalue weighted by Gasteiger charge is 2.53. The zero-order valence-corrected chi connectivity index (χ0v) is 29.1. The molecule has 9 rings (SSSR count). The normalized spacial score (nSPS) is 13.2. The van der Waals surface area contributed by atoms with Crippen LogP contribution in [0.1, 0.15) is 27.0 Å². The fraction of sp³-hybridized carbons (Fsp3) is 0.0652. The van der Waals surface area contributed by atoms with Crippen molar-refractivity contribution < 1.29 is 23.7 Å². The lowest BCUT2D eigenvalue weighted by Gasteiger charge is -2.38. The van der Waals surface area contributed by atoms with Gasteiger partial charge in [0.1, 0.15) is 23.0 Å². The first-order valence-electron chi connectivity index (χ1n) is 17.4. The molecule has 7 aromatic carbocycles. The van der Waals surface area contributed by atoms with Crippen molar-refractivity contribution in [2.75, 3.05) is 24.0 Å². The third-order valence-corrected chi connectivity index (χ3v) is 9.88. The minimum Gasteiger partial charge on any atom is -0.495 e. The van der Waals surface area contributed by atoms with Crippen LogP contribution in [0, 0.1) is 0 Å². The number of methoxy groups -OCH3 is 2. The fourth-order valence-corrected chi connectivity index (χ4v) is 7.57. The number of benzene rings is 7. The molecule has 53 heavy (non-hydrogen) atoms. The molecule has 7 aromatic rings. The second kappa shape index (κ2) is 13.0. The maximum absolute atomic E-state index is 13.7. The molecule has 0 aliphatic carbocycles. The van der Waals surface area contributed by atoms with E-state index in [0.29, 0.717) is 17.1 Å². The SMILES string of the molecule is COc1ccccc1N(c1ccccc1)c1ccc2c(c1)Oc1cc(N(c3ccccc3)c3ccccc3OC)ccc1C21OC(=O)c2ccccc21. The quantitative estimate of drug-likeness (QED) is 0.147. The van der Waals surface area contributed by atoms with Gasteiger partial charge in [-0.15, -0.1) is 0 Å². The Hall–Kier alpha value is -6.99. The van der Waals surface area contributed by atoms with Crippen molar-refractivity contribution in [1.82, 2.24) is 0 Å². The molecule has 0 fully saturated rings. The van der Waals surface area contributed by atoms with Crippen molar-refractivity contribution in [3.8, 4) is 23.0 Å². The number of nitrogens with zero attached hydrogens (tertiary/aromatic N) is 2. The third-order valence-electron chi connectivity index (χ3n) is 9.88. The van der Waals surface area contributed by atoms with Crippen molar-refractivity contribution in [3.63, 3.8) is 0 Å². The summed E-state index contributed by atoms with van der Waals surface area (Å²) in [5.74, 6) is 2.19. The van der Waals surface area contributed by atoms with Gasteiger partial charge in [0.25, 0.3) is 0 Å². The Morgan fingerprint density at radius 3 is 1.43 bits per heavy atom. The molecule has 0 N–H and O–H groups in total. The van der Waals surface area contributed by atoms with E-state index in [0.717, 1.165) is 62.3 Å². The summed E-state index contributed by atoms with van der Waals surface area (Å²) >= 11 is 0. The van der Waals surface area contributed by atoms with Crippen LogP contribution in [0.15, 0.2) is 170 Å². The van der Waals surface area contributed by atoms with Gasteiger partial charge in [0.2, 0.25) is 0 Å². The molecule has 258 valence electrons. The molecule has 7 heteroatoms. The maximum atomic E-state index is 13.7. The number of hydrogen-bond donors (Lipinski definition) is 0. The van der Waals surface area contributed by atoms with Crippen LogP contribution >= 0.6 is 0 Å². The van der Waals surface area contributed by atoms with E-state index in [9.17, 15) is 4.79 Å². The Bertz CT molecular complexity index is 2340. The molecule has 0 unspecified atom stereocenters. The molecule has 0 bridgehead atoms. The van der Waals surface area contributed by atoms with Crippen molar-refractivity contribution in [2.24, 2.45) is 0 Å². The summed E-state index contributed by atoms with van der Waals surface area (Å²) < 4.78 is 25.2. The van der Waals surface area contributed by atoms with E-state index in [1.807, 2.05) is 146 Å². The number of hydrogen-bond acceptors (Lipinski definition) is 7. The van der Waals surface area contributed by atoms with E-state index in [1.165, 1.54) is 0 Å². The lowest BCUT2D eigenvalue weighted by molar-refractivity contribution is 0.0224. The second-order valence-electron chi connectivity index (χ2n) is 12.8. The van der Waals surface area contributed by atoms with E-state index in [4.69, 9.17) is 18.9 Å². The van der Waals surface area contributed by atoms with Crippen molar-refractivity contribution in [1.29, 1.82) is 0 Å². The molecule has 1 spiro atoms. The number of carbonyl (C=O) groups excluding carboxylic acids is 1. The molecule has 0 amide bonds.